The van der Waals surface area contributed by atoms with Crippen molar-refractivity contribution in [3.63, 3.8) is 0 Å². The fourth-order valence-corrected chi connectivity index (χ4v) is 2.42. The minimum absolute atomic E-state index is 0.0108. The number of hydrogen-bond donors (Lipinski definition) is 2. The van der Waals surface area contributed by atoms with E-state index in [4.69, 9.17) is 5.73 Å². The Labute approximate surface area is 122 Å². The molecule has 1 amide bonds. The quantitative estimate of drug-likeness (QED) is 0.797. The van der Waals surface area contributed by atoms with Crippen molar-refractivity contribution < 1.29 is 9.59 Å². The van der Waals surface area contributed by atoms with Gasteiger partial charge in [0.2, 0.25) is 0 Å². The zero-order valence-electron chi connectivity index (χ0n) is 11.9. The van der Waals surface area contributed by atoms with E-state index < -0.39 is 5.91 Å². The molecule has 0 spiro atoms. The van der Waals surface area contributed by atoms with E-state index in [-0.39, 0.29) is 11.5 Å². The second kappa shape index (κ2) is 5.20. The van der Waals surface area contributed by atoms with Gasteiger partial charge in [0.15, 0.2) is 11.6 Å². The number of nitrogens with zero attached hydrogens (tertiary/aromatic N) is 2. The molecule has 0 saturated heterocycles. The Morgan fingerprint density at radius 3 is 2.81 bits per heavy atom. The molecule has 2 heterocycles. The van der Waals surface area contributed by atoms with Gasteiger partial charge >= 0.3 is 0 Å². The van der Waals surface area contributed by atoms with Crippen LogP contribution in [0.3, 0.4) is 0 Å². The molecule has 6 heteroatoms. The highest BCUT2D eigenvalue weighted by atomic mass is 16.1. The standard InChI is InChI=1S/C15H18N4O2/c1-2-3-13(20)10-6-12(15(16)21)19(8-10)14-7-11(17-18-14)9-4-5-9/h6-9H,2-5H2,1H3,(H2,16,21)(H,17,18). The van der Waals surface area contributed by atoms with E-state index in [1.807, 2.05) is 13.0 Å². The third-order valence-corrected chi connectivity index (χ3v) is 3.72. The van der Waals surface area contributed by atoms with E-state index in [0.29, 0.717) is 23.7 Å². The predicted molar refractivity (Wildman–Crippen MR) is 77.6 cm³/mol. The topological polar surface area (TPSA) is 93.8 Å². The molecule has 21 heavy (non-hydrogen) atoms. The number of amides is 1. The van der Waals surface area contributed by atoms with Gasteiger partial charge in [-0.1, -0.05) is 6.92 Å². The van der Waals surface area contributed by atoms with Crippen molar-refractivity contribution in [1.82, 2.24) is 14.8 Å². The van der Waals surface area contributed by atoms with Crippen LogP contribution in [0.1, 0.15) is 65.1 Å². The lowest BCUT2D eigenvalue weighted by Gasteiger charge is -2.01. The summed E-state index contributed by atoms with van der Waals surface area (Å²) >= 11 is 0. The summed E-state index contributed by atoms with van der Waals surface area (Å²) in [5.74, 6) is 0.583. The van der Waals surface area contributed by atoms with Crippen molar-refractivity contribution in [1.29, 1.82) is 0 Å². The van der Waals surface area contributed by atoms with Crippen LogP contribution < -0.4 is 5.73 Å². The molecule has 1 aliphatic rings. The molecule has 6 nitrogen and oxygen atoms in total. The molecule has 3 N–H and O–H groups in total. The molecule has 1 fully saturated rings. The number of aromatic amines is 1. The summed E-state index contributed by atoms with van der Waals surface area (Å²) in [5, 5.41) is 7.22. The maximum atomic E-state index is 12.0. The molecule has 0 bridgehead atoms. The van der Waals surface area contributed by atoms with Crippen LogP contribution in [0, 0.1) is 0 Å². The number of carbonyl (C=O) groups is 2. The van der Waals surface area contributed by atoms with Crippen LogP contribution in [-0.2, 0) is 0 Å². The molecule has 0 atom stereocenters. The highest BCUT2D eigenvalue weighted by molar-refractivity contribution is 6.00. The highest BCUT2D eigenvalue weighted by Crippen LogP contribution is 2.39. The minimum Gasteiger partial charge on any atom is -0.364 e. The summed E-state index contributed by atoms with van der Waals surface area (Å²) in [6, 6.07) is 3.46. The van der Waals surface area contributed by atoms with E-state index >= 15 is 0 Å². The van der Waals surface area contributed by atoms with Crippen LogP contribution in [0.2, 0.25) is 0 Å². The second-order valence-corrected chi connectivity index (χ2v) is 5.48. The van der Waals surface area contributed by atoms with Gasteiger partial charge in [-0.25, -0.2) is 0 Å². The van der Waals surface area contributed by atoms with Crippen molar-refractivity contribution in [2.45, 2.75) is 38.5 Å². The van der Waals surface area contributed by atoms with Crippen molar-refractivity contribution in [3.05, 3.63) is 35.3 Å². The average Bonchev–Trinajstić information content (AvgIpc) is 3.03. The number of aromatic nitrogens is 3. The van der Waals surface area contributed by atoms with Gasteiger partial charge in [-0.15, -0.1) is 0 Å². The molecule has 0 aromatic carbocycles. The maximum absolute atomic E-state index is 12.0. The Morgan fingerprint density at radius 2 is 2.19 bits per heavy atom. The third-order valence-electron chi connectivity index (χ3n) is 3.72. The van der Waals surface area contributed by atoms with Crippen molar-refractivity contribution in [2.24, 2.45) is 5.73 Å². The first-order valence-corrected chi connectivity index (χ1v) is 7.21. The first-order valence-electron chi connectivity index (χ1n) is 7.21. The lowest BCUT2D eigenvalue weighted by Crippen LogP contribution is -2.15. The molecule has 0 aliphatic heterocycles. The van der Waals surface area contributed by atoms with Gasteiger partial charge in [0.25, 0.3) is 5.91 Å². The van der Waals surface area contributed by atoms with Crippen LogP contribution in [-0.4, -0.2) is 26.5 Å². The molecule has 1 aliphatic carbocycles. The Kier molecular flexibility index (Phi) is 3.37. The second-order valence-electron chi connectivity index (χ2n) is 5.48. The third kappa shape index (κ3) is 2.61. The minimum atomic E-state index is -0.568. The van der Waals surface area contributed by atoms with Gasteiger partial charge in [-0.05, 0) is 25.3 Å². The molecule has 0 radical (unpaired) electrons. The van der Waals surface area contributed by atoms with Gasteiger partial charge in [0.1, 0.15) is 5.69 Å². The number of Topliss-reactive ketones (excluding diaryl/α,β-unsaturated/α-hetero) is 1. The van der Waals surface area contributed by atoms with E-state index in [0.717, 1.165) is 25.0 Å². The summed E-state index contributed by atoms with van der Waals surface area (Å²) in [4.78, 5) is 23.6. The summed E-state index contributed by atoms with van der Waals surface area (Å²) in [5.41, 5.74) is 7.26. The number of rotatable bonds is 6. The molecule has 2 aromatic heterocycles. The van der Waals surface area contributed by atoms with E-state index in [1.165, 1.54) is 0 Å². The van der Waals surface area contributed by atoms with E-state index in [9.17, 15) is 9.59 Å². The largest absolute Gasteiger partial charge is 0.364 e. The van der Waals surface area contributed by atoms with Crippen LogP contribution in [0.5, 0.6) is 0 Å². The fraction of sp³-hybridized carbons (Fsp3) is 0.400. The summed E-state index contributed by atoms with van der Waals surface area (Å²) < 4.78 is 1.59. The molecule has 2 aromatic rings. The molecule has 0 unspecified atom stereocenters. The maximum Gasteiger partial charge on any atom is 0.265 e. The molecule has 110 valence electrons. The van der Waals surface area contributed by atoms with Crippen LogP contribution in [0.15, 0.2) is 18.3 Å². The summed E-state index contributed by atoms with van der Waals surface area (Å²) in [7, 11) is 0. The summed E-state index contributed by atoms with van der Waals surface area (Å²) in [6.07, 6.45) is 5.19. The smallest absolute Gasteiger partial charge is 0.265 e. The first kappa shape index (κ1) is 13.6. The number of H-pyrrole nitrogens is 1. The normalized spacial score (nSPS) is 14.3. The number of hydrogen-bond acceptors (Lipinski definition) is 3. The van der Waals surface area contributed by atoms with Crippen LogP contribution in [0.4, 0.5) is 0 Å². The highest BCUT2D eigenvalue weighted by Gasteiger charge is 2.26. The number of ketones is 1. The monoisotopic (exact) mass is 286 g/mol. The Hall–Kier alpha value is -2.37. The zero-order chi connectivity index (χ0) is 15.0. The first-order chi connectivity index (χ1) is 10.1. The molecule has 3 rings (SSSR count). The van der Waals surface area contributed by atoms with Gasteiger partial charge in [-0.3, -0.25) is 19.3 Å². The van der Waals surface area contributed by atoms with E-state index in [2.05, 4.69) is 10.2 Å². The van der Waals surface area contributed by atoms with Crippen molar-refractivity contribution in [3.8, 4) is 5.82 Å². The number of primary amides is 1. The Bertz CT molecular complexity index is 694. The van der Waals surface area contributed by atoms with Gasteiger partial charge in [-0.2, -0.15) is 5.10 Å². The lowest BCUT2D eigenvalue weighted by atomic mass is 10.1. The SMILES string of the molecule is CCCC(=O)c1cc(C(N)=O)n(-c2cc(C3CC3)[nH]n2)c1. The van der Waals surface area contributed by atoms with Crippen molar-refractivity contribution >= 4 is 11.7 Å². The lowest BCUT2D eigenvalue weighted by molar-refractivity contribution is 0.0980. The predicted octanol–water partition coefficient (Wildman–Crippen LogP) is 2.16. The van der Waals surface area contributed by atoms with Gasteiger partial charge < -0.3 is 5.73 Å². The summed E-state index contributed by atoms with van der Waals surface area (Å²) in [6.45, 7) is 1.94. The Balaban J connectivity index is 1.98. The molecular weight excluding hydrogens is 268 g/mol. The van der Waals surface area contributed by atoms with Gasteiger partial charge in [0, 0.05) is 35.9 Å². The van der Waals surface area contributed by atoms with Crippen molar-refractivity contribution in [2.75, 3.05) is 0 Å². The zero-order valence-corrected chi connectivity index (χ0v) is 11.9. The number of nitrogens with two attached hydrogens (primary N) is 1. The van der Waals surface area contributed by atoms with Gasteiger partial charge in [0.05, 0.1) is 0 Å². The molecular formula is C15H18N4O2. The fourth-order valence-electron chi connectivity index (χ4n) is 2.42. The number of nitrogens with one attached hydrogen (secondary N) is 1. The van der Waals surface area contributed by atoms with E-state index in [1.54, 1.807) is 16.8 Å². The molecule has 1 saturated carbocycles. The Morgan fingerprint density at radius 1 is 1.43 bits per heavy atom. The van der Waals surface area contributed by atoms with Crippen LogP contribution >= 0.6 is 0 Å². The average molecular weight is 286 g/mol. The number of carbonyl (C=O) groups excluding carboxylic acids is 2. The van der Waals surface area contributed by atoms with Crippen LogP contribution in [0.25, 0.3) is 5.82 Å².